The number of hydrogen-bond acceptors (Lipinski definition) is 5. The molecule has 0 spiro atoms. The zero-order valence-electron chi connectivity index (χ0n) is 15.2. The highest BCUT2D eigenvalue weighted by Crippen LogP contribution is 2.28. The van der Waals surface area contributed by atoms with E-state index in [0.717, 1.165) is 59.6 Å². The van der Waals surface area contributed by atoms with Crippen molar-refractivity contribution in [2.75, 3.05) is 18.5 Å². The van der Waals surface area contributed by atoms with Crippen LogP contribution in [0.1, 0.15) is 18.4 Å². The number of rotatable bonds is 4. The van der Waals surface area contributed by atoms with Crippen molar-refractivity contribution < 1.29 is 4.74 Å². The summed E-state index contributed by atoms with van der Waals surface area (Å²) in [4.78, 5) is 4.90. The van der Waals surface area contributed by atoms with Crippen LogP contribution in [0.2, 0.25) is 0 Å². The summed E-state index contributed by atoms with van der Waals surface area (Å²) in [5, 5.41) is 13.3. The van der Waals surface area contributed by atoms with Crippen LogP contribution in [0.15, 0.2) is 48.5 Å². The third kappa shape index (κ3) is 2.92. The highest BCUT2D eigenvalue weighted by atomic mass is 16.5. The molecule has 1 N–H and O–H groups in total. The molecular formula is C21H21N5O. The average Bonchev–Trinajstić information content (AvgIpc) is 3.36. The predicted octanol–water partition coefficient (Wildman–Crippen LogP) is 3.84. The zero-order valence-corrected chi connectivity index (χ0v) is 15.2. The summed E-state index contributed by atoms with van der Waals surface area (Å²) in [7, 11) is 0. The second-order valence-electron chi connectivity index (χ2n) is 7.04. The van der Waals surface area contributed by atoms with E-state index in [-0.39, 0.29) is 6.10 Å². The normalized spacial score (nSPS) is 17.0. The smallest absolute Gasteiger partial charge is 0.186 e. The number of benzene rings is 2. The summed E-state index contributed by atoms with van der Waals surface area (Å²) in [6.07, 6.45) is 2.47. The number of aromatic nitrogens is 4. The van der Waals surface area contributed by atoms with E-state index in [9.17, 15) is 0 Å². The maximum absolute atomic E-state index is 5.75. The van der Waals surface area contributed by atoms with Crippen LogP contribution in [-0.4, -0.2) is 39.1 Å². The molecule has 6 nitrogen and oxygen atoms in total. The van der Waals surface area contributed by atoms with Gasteiger partial charge in [0.05, 0.1) is 11.6 Å². The number of ether oxygens (including phenoxy) is 1. The SMILES string of the molecule is Cc1cccc(-c2nnn3c2nc(NC[C@@H]2CCCO2)c2ccccc23)c1. The minimum absolute atomic E-state index is 0.251. The van der Waals surface area contributed by atoms with Crippen molar-refractivity contribution in [1.82, 2.24) is 19.8 Å². The molecule has 4 aromatic rings. The standard InChI is InChI=1S/C21H21N5O/c1-14-6-4-7-15(12-14)19-21-23-20(22-13-16-8-5-11-27-16)17-9-2-3-10-18(17)26(21)25-24-19/h2-4,6-7,9-10,12,16H,5,8,11,13H2,1H3,(H,22,23)/t16-/m0/s1. The van der Waals surface area contributed by atoms with E-state index in [0.29, 0.717) is 0 Å². The summed E-state index contributed by atoms with van der Waals surface area (Å²) >= 11 is 0. The van der Waals surface area contributed by atoms with Gasteiger partial charge in [-0.1, -0.05) is 41.1 Å². The number of para-hydroxylation sites is 1. The molecule has 1 aliphatic rings. The van der Waals surface area contributed by atoms with Gasteiger partial charge < -0.3 is 10.1 Å². The Hall–Kier alpha value is -2.99. The third-order valence-corrected chi connectivity index (χ3v) is 5.06. The van der Waals surface area contributed by atoms with E-state index in [1.54, 1.807) is 0 Å². The van der Waals surface area contributed by atoms with Gasteiger partial charge in [-0.2, -0.15) is 4.52 Å². The van der Waals surface area contributed by atoms with Crippen molar-refractivity contribution in [2.45, 2.75) is 25.9 Å². The van der Waals surface area contributed by atoms with Crippen molar-refractivity contribution in [1.29, 1.82) is 0 Å². The van der Waals surface area contributed by atoms with Gasteiger partial charge in [0.1, 0.15) is 11.5 Å². The maximum atomic E-state index is 5.75. The lowest BCUT2D eigenvalue weighted by atomic mass is 10.1. The van der Waals surface area contributed by atoms with Crippen molar-refractivity contribution in [3.63, 3.8) is 0 Å². The molecule has 0 unspecified atom stereocenters. The Balaban J connectivity index is 1.64. The van der Waals surface area contributed by atoms with Gasteiger partial charge in [-0.15, -0.1) is 5.10 Å². The Kier molecular flexibility index (Phi) is 3.98. The van der Waals surface area contributed by atoms with Crippen molar-refractivity contribution >= 4 is 22.4 Å². The van der Waals surface area contributed by atoms with Crippen molar-refractivity contribution in [3.8, 4) is 11.3 Å². The zero-order chi connectivity index (χ0) is 18.2. The van der Waals surface area contributed by atoms with E-state index in [2.05, 4.69) is 46.8 Å². The summed E-state index contributed by atoms with van der Waals surface area (Å²) < 4.78 is 7.57. The monoisotopic (exact) mass is 359 g/mol. The first-order chi connectivity index (χ1) is 13.3. The van der Waals surface area contributed by atoms with Crippen LogP contribution < -0.4 is 5.32 Å². The fraction of sp³-hybridized carbons (Fsp3) is 0.286. The maximum Gasteiger partial charge on any atom is 0.186 e. The Morgan fingerprint density at radius 2 is 2.11 bits per heavy atom. The summed E-state index contributed by atoms with van der Waals surface area (Å²) in [6, 6.07) is 16.4. The molecule has 1 atom stereocenters. The van der Waals surface area contributed by atoms with Gasteiger partial charge in [0.2, 0.25) is 0 Å². The molecule has 1 aliphatic heterocycles. The lowest BCUT2D eigenvalue weighted by Crippen LogP contribution is -2.19. The average molecular weight is 359 g/mol. The van der Waals surface area contributed by atoms with Crippen LogP contribution >= 0.6 is 0 Å². The molecule has 0 radical (unpaired) electrons. The number of nitrogens with one attached hydrogen (secondary N) is 1. The minimum Gasteiger partial charge on any atom is -0.376 e. The van der Waals surface area contributed by atoms with Gasteiger partial charge >= 0.3 is 0 Å². The number of aryl methyl sites for hydroxylation is 1. The van der Waals surface area contributed by atoms with Crippen LogP contribution in [0.3, 0.4) is 0 Å². The molecule has 0 aliphatic carbocycles. The Morgan fingerprint density at radius 3 is 2.96 bits per heavy atom. The highest BCUT2D eigenvalue weighted by molar-refractivity contribution is 5.93. The lowest BCUT2D eigenvalue weighted by Gasteiger charge is -2.13. The molecular weight excluding hydrogens is 338 g/mol. The van der Waals surface area contributed by atoms with Crippen molar-refractivity contribution in [3.05, 3.63) is 54.1 Å². The molecule has 1 fully saturated rings. The lowest BCUT2D eigenvalue weighted by molar-refractivity contribution is 0.120. The Labute approximate surface area is 157 Å². The molecule has 3 heterocycles. The molecule has 27 heavy (non-hydrogen) atoms. The van der Waals surface area contributed by atoms with Crippen LogP contribution in [0.5, 0.6) is 0 Å². The predicted molar refractivity (Wildman–Crippen MR) is 106 cm³/mol. The molecule has 0 amide bonds. The van der Waals surface area contributed by atoms with E-state index >= 15 is 0 Å². The summed E-state index contributed by atoms with van der Waals surface area (Å²) in [5.41, 5.74) is 4.76. The molecule has 0 saturated carbocycles. The first-order valence-corrected chi connectivity index (χ1v) is 9.36. The number of nitrogens with zero attached hydrogens (tertiary/aromatic N) is 4. The van der Waals surface area contributed by atoms with Gasteiger partial charge in [0.15, 0.2) is 5.65 Å². The molecule has 136 valence electrons. The van der Waals surface area contributed by atoms with E-state index in [1.165, 1.54) is 5.56 Å². The van der Waals surface area contributed by atoms with E-state index < -0.39 is 0 Å². The number of anilines is 1. The minimum atomic E-state index is 0.251. The first kappa shape index (κ1) is 16.2. The Morgan fingerprint density at radius 1 is 1.19 bits per heavy atom. The van der Waals surface area contributed by atoms with E-state index in [1.807, 2.05) is 28.8 Å². The highest BCUT2D eigenvalue weighted by Gasteiger charge is 2.18. The van der Waals surface area contributed by atoms with Gasteiger partial charge in [-0.05, 0) is 38.0 Å². The second-order valence-corrected chi connectivity index (χ2v) is 7.04. The summed E-state index contributed by atoms with van der Waals surface area (Å²) in [5.74, 6) is 0.852. The van der Waals surface area contributed by atoms with Crippen LogP contribution in [0, 0.1) is 6.92 Å². The fourth-order valence-electron chi connectivity index (χ4n) is 3.69. The first-order valence-electron chi connectivity index (χ1n) is 9.36. The number of hydrogen-bond donors (Lipinski definition) is 1. The third-order valence-electron chi connectivity index (χ3n) is 5.06. The second kappa shape index (κ2) is 6.63. The van der Waals surface area contributed by atoms with Crippen LogP contribution in [0.4, 0.5) is 5.82 Å². The number of fused-ring (bicyclic) bond motifs is 3. The van der Waals surface area contributed by atoms with Gasteiger partial charge in [-0.3, -0.25) is 0 Å². The molecule has 6 heteroatoms. The molecule has 1 saturated heterocycles. The van der Waals surface area contributed by atoms with Crippen molar-refractivity contribution in [2.24, 2.45) is 0 Å². The van der Waals surface area contributed by atoms with E-state index in [4.69, 9.17) is 9.72 Å². The largest absolute Gasteiger partial charge is 0.376 e. The van der Waals surface area contributed by atoms with Gasteiger partial charge in [0, 0.05) is 24.1 Å². The molecule has 2 aromatic carbocycles. The fourth-order valence-corrected chi connectivity index (χ4v) is 3.69. The van der Waals surface area contributed by atoms with Crippen LogP contribution in [0.25, 0.3) is 27.8 Å². The van der Waals surface area contributed by atoms with Gasteiger partial charge in [-0.25, -0.2) is 4.98 Å². The molecule has 2 aromatic heterocycles. The molecule has 5 rings (SSSR count). The summed E-state index contributed by atoms with van der Waals surface area (Å²) in [6.45, 7) is 3.69. The van der Waals surface area contributed by atoms with Gasteiger partial charge in [0.25, 0.3) is 0 Å². The quantitative estimate of drug-likeness (QED) is 0.600. The molecule has 0 bridgehead atoms. The Bertz CT molecular complexity index is 1110. The van der Waals surface area contributed by atoms with Crippen LogP contribution in [-0.2, 0) is 4.74 Å². The topological polar surface area (TPSA) is 64.3 Å².